The van der Waals surface area contributed by atoms with Crippen LogP contribution in [0.25, 0.3) is 0 Å². The SMILES string of the molecule is NC(=O)C1CCCN1C(=O)c1ccc(Br)c(O)c1. The number of halogens is 1. The fourth-order valence-electron chi connectivity index (χ4n) is 2.12. The van der Waals surface area contributed by atoms with Crippen LogP contribution in [0.1, 0.15) is 23.2 Å². The molecule has 18 heavy (non-hydrogen) atoms. The summed E-state index contributed by atoms with van der Waals surface area (Å²) in [5.74, 6) is -0.767. The van der Waals surface area contributed by atoms with Crippen molar-refractivity contribution in [3.63, 3.8) is 0 Å². The molecule has 1 heterocycles. The van der Waals surface area contributed by atoms with Crippen molar-refractivity contribution >= 4 is 27.7 Å². The van der Waals surface area contributed by atoms with Gasteiger partial charge in [0.25, 0.3) is 5.91 Å². The molecule has 1 aromatic rings. The van der Waals surface area contributed by atoms with Crippen molar-refractivity contribution in [1.29, 1.82) is 0 Å². The van der Waals surface area contributed by atoms with Crippen LogP contribution >= 0.6 is 15.9 Å². The van der Waals surface area contributed by atoms with Crippen LogP contribution in [0, 0.1) is 0 Å². The van der Waals surface area contributed by atoms with Gasteiger partial charge in [0.15, 0.2) is 0 Å². The van der Waals surface area contributed by atoms with E-state index in [1.54, 1.807) is 12.1 Å². The van der Waals surface area contributed by atoms with E-state index in [-0.39, 0.29) is 11.7 Å². The van der Waals surface area contributed by atoms with Crippen molar-refractivity contribution in [1.82, 2.24) is 4.90 Å². The highest BCUT2D eigenvalue weighted by Crippen LogP contribution is 2.26. The highest BCUT2D eigenvalue weighted by molar-refractivity contribution is 9.10. The summed E-state index contributed by atoms with van der Waals surface area (Å²) in [7, 11) is 0. The Labute approximate surface area is 113 Å². The second-order valence-corrected chi connectivity index (χ2v) is 5.08. The van der Waals surface area contributed by atoms with Crippen molar-refractivity contribution in [2.45, 2.75) is 18.9 Å². The summed E-state index contributed by atoms with van der Waals surface area (Å²) in [6.45, 7) is 0.517. The maximum Gasteiger partial charge on any atom is 0.254 e. The minimum atomic E-state index is -0.539. The molecule has 0 saturated carbocycles. The van der Waals surface area contributed by atoms with Gasteiger partial charge in [0.1, 0.15) is 11.8 Å². The summed E-state index contributed by atoms with van der Waals surface area (Å²) in [4.78, 5) is 24.9. The Morgan fingerprint density at radius 3 is 2.78 bits per heavy atom. The van der Waals surface area contributed by atoms with E-state index in [1.165, 1.54) is 11.0 Å². The molecule has 96 valence electrons. The Morgan fingerprint density at radius 2 is 2.17 bits per heavy atom. The summed E-state index contributed by atoms with van der Waals surface area (Å²) in [6, 6.07) is 4.03. The number of likely N-dealkylation sites (tertiary alicyclic amines) is 1. The summed E-state index contributed by atoms with van der Waals surface area (Å²) in [5, 5.41) is 9.56. The number of rotatable bonds is 2. The zero-order valence-corrected chi connectivity index (χ0v) is 11.2. The van der Waals surface area contributed by atoms with Gasteiger partial charge in [-0.25, -0.2) is 0 Å². The molecule has 6 heteroatoms. The maximum absolute atomic E-state index is 12.2. The van der Waals surface area contributed by atoms with E-state index in [2.05, 4.69) is 15.9 Å². The number of phenolic OH excluding ortho intramolecular Hbond substituents is 1. The number of hydrogen-bond acceptors (Lipinski definition) is 3. The molecule has 0 spiro atoms. The lowest BCUT2D eigenvalue weighted by molar-refractivity contribution is -0.121. The highest BCUT2D eigenvalue weighted by atomic mass is 79.9. The Bertz CT molecular complexity index is 504. The molecular weight excluding hydrogens is 300 g/mol. The molecule has 1 unspecified atom stereocenters. The molecule has 0 aromatic heterocycles. The van der Waals surface area contributed by atoms with Gasteiger partial charge in [0.05, 0.1) is 4.47 Å². The van der Waals surface area contributed by atoms with Crippen molar-refractivity contribution in [2.75, 3.05) is 6.54 Å². The lowest BCUT2D eigenvalue weighted by atomic mass is 10.1. The van der Waals surface area contributed by atoms with Crippen LogP contribution in [-0.2, 0) is 4.79 Å². The highest BCUT2D eigenvalue weighted by Gasteiger charge is 2.33. The second-order valence-electron chi connectivity index (χ2n) is 4.23. The standard InChI is InChI=1S/C12H13BrN2O3/c13-8-4-3-7(6-10(8)16)12(18)15-5-1-2-9(15)11(14)17/h3-4,6,9,16H,1-2,5H2,(H2,14,17). The third-order valence-electron chi connectivity index (χ3n) is 3.04. The number of phenols is 1. The quantitative estimate of drug-likeness (QED) is 0.862. The van der Waals surface area contributed by atoms with Crippen molar-refractivity contribution in [2.24, 2.45) is 5.73 Å². The lowest BCUT2D eigenvalue weighted by Gasteiger charge is -2.22. The van der Waals surface area contributed by atoms with Crippen molar-refractivity contribution in [3.8, 4) is 5.75 Å². The molecule has 1 aliphatic rings. The first-order chi connectivity index (χ1) is 8.50. The summed E-state index contributed by atoms with van der Waals surface area (Å²) >= 11 is 3.15. The zero-order valence-electron chi connectivity index (χ0n) is 9.60. The second kappa shape index (κ2) is 4.97. The number of primary amides is 1. The summed E-state index contributed by atoms with van der Waals surface area (Å²) in [6.07, 6.45) is 1.37. The van der Waals surface area contributed by atoms with Crippen molar-refractivity contribution in [3.05, 3.63) is 28.2 Å². The van der Waals surface area contributed by atoms with Crippen LogP contribution in [0.3, 0.4) is 0 Å². The molecule has 0 aliphatic carbocycles. The number of nitrogens with zero attached hydrogens (tertiary/aromatic N) is 1. The van der Waals surface area contributed by atoms with E-state index in [9.17, 15) is 14.7 Å². The van der Waals surface area contributed by atoms with Crippen LogP contribution in [-0.4, -0.2) is 34.4 Å². The van der Waals surface area contributed by atoms with Crippen LogP contribution in [0.5, 0.6) is 5.75 Å². The molecule has 1 atom stereocenters. The molecule has 2 rings (SSSR count). The van der Waals surface area contributed by atoms with Gasteiger partial charge in [-0.2, -0.15) is 0 Å². The third-order valence-corrected chi connectivity index (χ3v) is 3.71. The summed E-state index contributed by atoms with van der Waals surface area (Å²) < 4.78 is 0.520. The number of benzene rings is 1. The Kier molecular flexibility index (Phi) is 3.56. The minimum Gasteiger partial charge on any atom is -0.507 e. The first kappa shape index (κ1) is 12.9. The van der Waals surface area contributed by atoms with Gasteiger partial charge in [-0.05, 0) is 47.0 Å². The van der Waals surface area contributed by atoms with Crippen molar-refractivity contribution < 1.29 is 14.7 Å². The predicted octanol–water partition coefficient (Wildman–Crippen LogP) is 1.24. The Hall–Kier alpha value is -1.56. The third kappa shape index (κ3) is 2.33. The molecule has 1 fully saturated rings. The maximum atomic E-state index is 12.2. The molecule has 1 saturated heterocycles. The molecule has 0 bridgehead atoms. The molecule has 2 amide bonds. The number of carbonyl (C=O) groups is 2. The molecule has 5 nitrogen and oxygen atoms in total. The topological polar surface area (TPSA) is 83.6 Å². The first-order valence-electron chi connectivity index (χ1n) is 5.59. The van der Waals surface area contributed by atoms with Gasteiger partial charge in [0, 0.05) is 12.1 Å². The van der Waals surface area contributed by atoms with Crippen LogP contribution in [0.15, 0.2) is 22.7 Å². The molecule has 1 aromatic carbocycles. The first-order valence-corrected chi connectivity index (χ1v) is 6.39. The van der Waals surface area contributed by atoms with E-state index in [4.69, 9.17) is 5.73 Å². The number of amides is 2. The average Bonchev–Trinajstić information content (AvgIpc) is 2.81. The van der Waals surface area contributed by atoms with Crippen LogP contribution in [0.2, 0.25) is 0 Å². The van der Waals surface area contributed by atoms with E-state index >= 15 is 0 Å². The predicted molar refractivity (Wildman–Crippen MR) is 69.1 cm³/mol. The van der Waals surface area contributed by atoms with Gasteiger partial charge in [-0.3, -0.25) is 9.59 Å². The largest absolute Gasteiger partial charge is 0.507 e. The van der Waals surface area contributed by atoms with Gasteiger partial charge in [-0.1, -0.05) is 0 Å². The average molecular weight is 313 g/mol. The van der Waals surface area contributed by atoms with E-state index in [1.807, 2.05) is 0 Å². The van der Waals surface area contributed by atoms with Gasteiger partial charge in [-0.15, -0.1) is 0 Å². The zero-order chi connectivity index (χ0) is 13.3. The van der Waals surface area contributed by atoms with E-state index < -0.39 is 11.9 Å². The molecule has 1 aliphatic heterocycles. The van der Waals surface area contributed by atoms with E-state index in [0.29, 0.717) is 23.0 Å². The van der Waals surface area contributed by atoms with Crippen LogP contribution in [0.4, 0.5) is 0 Å². The van der Waals surface area contributed by atoms with Crippen LogP contribution < -0.4 is 5.73 Å². The smallest absolute Gasteiger partial charge is 0.254 e. The van der Waals surface area contributed by atoms with Gasteiger partial charge in [0.2, 0.25) is 5.91 Å². The number of carbonyl (C=O) groups excluding carboxylic acids is 2. The molecule has 3 N–H and O–H groups in total. The fraction of sp³-hybridized carbons (Fsp3) is 0.333. The van der Waals surface area contributed by atoms with Gasteiger partial charge >= 0.3 is 0 Å². The summed E-state index contributed by atoms with van der Waals surface area (Å²) in [5.41, 5.74) is 5.62. The normalized spacial score (nSPS) is 18.9. The monoisotopic (exact) mass is 312 g/mol. The number of aromatic hydroxyl groups is 1. The Balaban J connectivity index is 2.25. The van der Waals surface area contributed by atoms with Gasteiger partial charge < -0.3 is 15.7 Å². The fourth-order valence-corrected chi connectivity index (χ4v) is 2.36. The number of hydrogen-bond donors (Lipinski definition) is 2. The Morgan fingerprint density at radius 1 is 1.44 bits per heavy atom. The molecule has 0 radical (unpaired) electrons. The molecular formula is C12H13BrN2O3. The van der Waals surface area contributed by atoms with E-state index in [0.717, 1.165) is 6.42 Å². The minimum absolute atomic E-state index is 0.00401. The number of nitrogens with two attached hydrogens (primary N) is 1. The lowest BCUT2D eigenvalue weighted by Crippen LogP contribution is -2.43.